The van der Waals surface area contributed by atoms with E-state index in [9.17, 15) is 0 Å². The van der Waals surface area contributed by atoms with Gasteiger partial charge in [-0.05, 0) is 12.8 Å². The molecule has 0 rings (SSSR count). The molecule has 0 aliphatic carbocycles. The second-order valence-electron chi connectivity index (χ2n) is 5.43. The van der Waals surface area contributed by atoms with E-state index in [2.05, 4.69) is 65.1 Å². The summed E-state index contributed by atoms with van der Waals surface area (Å²) >= 11 is 4.24. The summed E-state index contributed by atoms with van der Waals surface area (Å²) in [5.74, 6) is 0. The molecule has 0 aliphatic heterocycles. The van der Waals surface area contributed by atoms with E-state index in [0.717, 1.165) is 0 Å². The van der Waals surface area contributed by atoms with E-state index in [1.54, 1.807) is 0 Å². The van der Waals surface area contributed by atoms with Gasteiger partial charge in [0.2, 0.25) is 0 Å². The van der Waals surface area contributed by atoms with Gasteiger partial charge in [0.05, 0.1) is 0 Å². The molecule has 0 atom stereocenters. The van der Waals surface area contributed by atoms with Crippen LogP contribution in [0.4, 0.5) is 0 Å². The minimum Gasteiger partial charge on any atom is -0.145 e. The standard InChI is InChI=1S/C13H28S2/c1-7-9-12(3,4)14-11-15-13(5,6)10-8-2/h7-11H2,1-6H3. The highest BCUT2D eigenvalue weighted by Gasteiger charge is 2.21. The first-order valence-electron chi connectivity index (χ1n) is 6.11. The SMILES string of the molecule is CCCC(C)(C)SCSC(C)(C)CCC. The molecule has 0 aromatic heterocycles. The molecule has 0 N–H and O–H groups in total. The summed E-state index contributed by atoms with van der Waals surface area (Å²) in [5.41, 5.74) is 0. The van der Waals surface area contributed by atoms with Crippen molar-refractivity contribution in [2.24, 2.45) is 0 Å². The maximum absolute atomic E-state index is 2.37. The van der Waals surface area contributed by atoms with Crippen LogP contribution in [0.15, 0.2) is 0 Å². The highest BCUT2D eigenvalue weighted by Crippen LogP contribution is 2.37. The topological polar surface area (TPSA) is 0 Å². The summed E-state index contributed by atoms with van der Waals surface area (Å²) in [4.78, 5) is 0. The van der Waals surface area contributed by atoms with Crippen LogP contribution < -0.4 is 0 Å². The summed E-state index contributed by atoms with van der Waals surface area (Å²) < 4.78 is 0.925. The quantitative estimate of drug-likeness (QED) is 0.515. The van der Waals surface area contributed by atoms with Gasteiger partial charge in [-0.1, -0.05) is 54.4 Å². The molecule has 0 aliphatic rings. The molecule has 15 heavy (non-hydrogen) atoms. The van der Waals surface area contributed by atoms with Crippen molar-refractivity contribution in [3.63, 3.8) is 0 Å². The molecule has 92 valence electrons. The average Bonchev–Trinajstić information content (AvgIpc) is 2.02. The molecular formula is C13H28S2. The minimum absolute atomic E-state index is 0.462. The van der Waals surface area contributed by atoms with Crippen molar-refractivity contribution >= 4 is 23.5 Å². The summed E-state index contributed by atoms with van der Waals surface area (Å²) in [5, 5.41) is 1.24. The summed E-state index contributed by atoms with van der Waals surface area (Å²) in [7, 11) is 0. The molecule has 0 heterocycles. The molecule has 0 saturated carbocycles. The summed E-state index contributed by atoms with van der Waals surface area (Å²) in [6, 6.07) is 0. The van der Waals surface area contributed by atoms with E-state index in [4.69, 9.17) is 0 Å². The molecule has 0 unspecified atom stereocenters. The number of thioether (sulfide) groups is 2. The van der Waals surface area contributed by atoms with Gasteiger partial charge in [-0.3, -0.25) is 0 Å². The van der Waals surface area contributed by atoms with Crippen LogP contribution in [0, 0.1) is 0 Å². The highest BCUT2D eigenvalue weighted by molar-refractivity contribution is 8.17. The van der Waals surface area contributed by atoms with Crippen LogP contribution in [0.3, 0.4) is 0 Å². The van der Waals surface area contributed by atoms with Crippen molar-refractivity contribution in [2.45, 2.75) is 76.7 Å². The zero-order chi connectivity index (χ0) is 11.9. The van der Waals surface area contributed by atoms with E-state index < -0.39 is 0 Å². The minimum atomic E-state index is 0.462. The Hall–Kier alpha value is 0.700. The van der Waals surface area contributed by atoms with Gasteiger partial charge in [0.15, 0.2) is 0 Å². The van der Waals surface area contributed by atoms with Crippen LogP contribution in [0.5, 0.6) is 0 Å². The van der Waals surface area contributed by atoms with Crippen molar-refractivity contribution < 1.29 is 0 Å². The molecule has 0 bridgehead atoms. The fraction of sp³-hybridized carbons (Fsp3) is 1.00. The van der Waals surface area contributed by atoms with E-state index in [-0.39, 0.29) is 0 Å². The zero-order valence-electron chi connectivity index (χ0n) is 11.4. The molecule has 0 spiro atoms. The summed E-state index contributed by atoms with van der Waals surface area (Å²) in [6.07, 6.45) is 5.24. The zero-order valence-corrected chi connectivity index (χ0v) is 13.0. The van der Waals surface area contributed by atoms with E-state index >= 15 is 0 Å². The van der Waals surface area contributed by atoms with Crippen LogP contribution in [-0.2, 0) is 0 Å². The first kappa shape index (κ1) is 15.7. The van der Waals surface area contributed by atoms with Gasteiger partial charge in [0.25, 0.3) is 0 Å². The Bertz CT molecular complexity index is 144. The van der Waals surface area contributed by atoms with E-state index in [1.807, 2.05) is 0 Å². The first-order chi connectivity index (χ1) is 6.83. The fourth-order valence-corrected chi connectivity index (χ4v) is 5.18. The molecule has 0 aromatic rings. The highest BCUT2D eigenvalue weighted by atomic mass is 32.2. The monoisotopic (exact) mass is 248 g/mol. The van der Waals surface area contributed by atoms with Crippen molar-refractivity contribution in [1.82, 2.24) is 0 Å². The number of hydrogen-bond donors (Lipinski definition) is 0. The Balaban J connectivity index is 3.77. The van der Waals surface area contributed by atoms with Crippen molar-refractivity contribution in [2.75, 3.05) is 5.08 Å². The van der Waals surface area contributed by atoms with Crippen molar-refractivity contribution in [3.05, 3.63) is 0 Å². The van der Waals surface area contributed by atoms with E-state index in [1.165, 1.54) is 30.8 Å². The Morgan fingerprint density at radius 2 is 1.07 bits per heavy atom. The maximum atomic E-state index is 2.37. The molecule has 0 aromatic carbocycles. The van der Waals surface area contributed by atoms with Crippen LogP contribution in [0.25, 0.3) is 0 Å². The molecular weight excluding hydrogens is 220 g/mol. The lowest BCUT2D eigenvalue weighted by molar-refractivity contribution is 0.624. The molecule has 2 heteroatoms. The maximum Gasteiger partial charge on any atom is 0.0402 e. The lowest BCUT2D eigenvalue weighted by Gasteiger charge is -2.27. The van der Waals surface area contributed by atoms with Crippen molar-refractivity contribution in [1.29, 1.82) is 0 Å². The van der Waals surface area contributed by atoms with Gasteiger partial charge in [-0.15, -0.1) is 23.5 Å². The molecule has 0 saturated heterocycles. The summed E-state index contributed by atoms with van der Waals surface area (Å²) in [6.45, 7) is 14.0. The van der Waals surface area contributed by atoms with E-state index in [0.29, 0.717) is 9.49 Å². The lowest BCUT2D eigenvalue weighted by Crippen LogP contribution is -2.18. The third-order valence-corrected chi connectivity index (χ3v) is 5.52. The van der Waals surface area contributed by atoms with Crippen LogP contribution >= 0.6 is 23.5 Å². The second-order valence-corrected chi connectivity index (χ2v) is 9.16. The van der Waals surface area contributed by atoms with Gasteiger partial charge >= 0.3 is 0 Å². The van der Waals surface area contributed by atoms with Gasteiger partial charge in [0, 0.05) is 14.6 Å². The molecule has 0 amide bonds. The Kier molecular flexibility index (Phi) is 7.44. The smallest absolute Gasteiger partial charge is 0.0402 e. The Morgan fingerprint density at radius 3 is 1.33 bits per heavy atom. The van der Waals surface area contributed by atoms with Gasteiger partial charge in [0.1, 0.15) is 0 Å². The molecule has 0 fully saturated rings. The molecule has 0 nitrogen and oxygen atoms in total. The number of hydrogen-bond acceptors (Lipinski definition) is 2. The average molecular weight is 249 g/mol. The van der Waals surface area contributed by atoms with Gasteiger partial charge in [-0.2, -0.15) is 0 Å². The molecule has 0 radical (unpaired) electrons. The second kappa shape index (κ2) is 7.11. The van der Waals surface area contributed by atoms with Crippen LogP contribution in [0.1, 0.15) is 67.2 Å². The van der Waals surface area contributed by atoms with Crippen LogP contribution in [-0.4, -0.2) is 14.6 Å². The fourth-order valence-electron chi connectivity index (χ4n) is 1.70. The predicted molar refractivity (Wildman–Crippen MR) is 78.0 cm³/mol. The Labute approximate surface area is 105 Å². The van der Waals surface area contributed by atoms with Gasteiger partial charge in [-0.25, -0.2) is 0 Å². The Morgan fingerprint density at radius 1 is 0.733 bits per heavy atom. The predicted octanol–water partition coefficient (Wildman–Crippen LogP) is 5.57. The van der Waals surface area contributed by atoms with Crippen molar-refractivity contribution in [3.8, 4) is 0 Å². The third kappa shape index (κ3) is 8.50. The first-order valence-corrected chi connectivity index (χ1v) is 8.08. The third-order valence-electron chi connectivity index (χ3n) is 2.60. The largest absolute Gasteiger partial charge is 0.145 e. The lowest BCUT2D eigenvalue weighted by atomic mass is 10.1. The van der Waals surface area contributed by atoms with Crippen LogP contribution in [0.2, 0.25) is 0 Å². The number of rotatable bonds is 8. The van der Waals surface area contributed by atoms with Gasteiger partial charge < -0.3 is 0 Å². The normalized spacial score (nSPS) is 13.2.